The first kappa shape index (κ1) is 10.8. The van der Waals surface area contributed by atoms with Crippen molar-refractivity contribution < 1.29 is 9.59 Å². The quantitative estimate of drug-likeness (QED) is 0.731. The molecule has 0 aliphatic carbocycles. The molecule has 0 saturated heterocycles. The second kappa shape index (κ2) is 3.38. The number of fused-ring (bicyclic) bond motifs is 1. The lowest BCUT2D eigenvalue weighted by atomic mass is 10.0. The number of nitrogens with zero attached hydrogens (tertiary/aromatic N) is 2. The first-order valence-electron chi connectivity index (χ1n) is 5.03. The Hall–Kier alpha value is -1.75. The molecule has 0 radical (unpaired) electrons. The van der Waals surface area contributed by atoms with Crippen molar-refractivity contribution in [2.24, 2.45) is 5.73 Å². The summed E-state index contributed by atoms with van der Waals surface area (Å²) in [6.07, 6.45) is 1.50. The van der Waals surface area contributed by atoms with Crippen molar-refractivity contribution in [3.63, 3.8) is 0 Å². The van der Waals surface area contributed by atoms with E-state index >= 15 is 0 Å². The Bertz CT molecular complexity index is 433. The highest BCUT2D eigenvalue weighted by molar-refractivity contribution is 6.20. The molecular weight excluding hydrogens is 206 g/mol. The average molecular weight is 219 g/mol. The lowest BCUT2D eigenvalue weighted by molar-refractivity contribution is 0.0491. The Morgan fingerprint density at radius 3 is 2.62 bits per heavy atom. The van der Waals surface area contributed by atoms with Gasteiger partial charge < -0.3 is 5.73 Å². The molecule has 1 aromatic heterocycles. The predicted octanol–water partition coefficient (Wildman–Crippen LogP) is 0.415. The van der Waals surface area contributed by atoms with Crippen molar-refractivity contribution in [2.75, 3.05) is 6.54 Å². The molecule has 0 saturated carbocycles. The van der Waals surface area contributed by atoms with Gasteiger partial charge in [-0.1, -0.05) is 0 Å². The van der Waals surface area contributed by atoms with E-state index < -0.39 is 5.54 Å². The van der Waals surface area contributed by atoms with Gasteiger partial charge in [0.15, 0.2) is 0 Å². The molecule has 16 heavy (non-hydrogen) atoms. The molecule has 5 nitrogen and oxygen atoms in total. The number of imide groups is 1. The van der Waals surface area contributed by atoms with E-state index in [0.29, 0.717) is 5.56 Å². The third kappa shape index (κ3) is 1.32. The minimum atomic E-state index is -0.686. The van der Waals surface area contributed by atoms with Crippen LogP contribution in [0.15, 0.2) is 18.3 Å². The summed E-state index contributed by atoms with van der Waals surface area (Å²) in [7, 11) is 0. The molecule has 2 heterocycles. The fourth-order valence-electron chi connectivity index (χ4n) is 1.71. The third-order valence-corrected chi connectivity index (χ3v) is 2.75. The summed E-state index contributed by atoms with van der Waals surface area (Å²) in [5, 5.41) is 0. The predicted molar refractivity (Wildman–Crippen MR) is 57.9 cm³/mol. The molecule has 0 atom stereocenters. The molecule has 84 valence electrons. The van der Waals surface area contributed by atoms with Crippen molar-refractivity contribution in [3.05, 3.63) is 29.6 Å². The van der Waals surface area contributed by atoms with Crippen LogP contribution in [0.1, 0.15) is 34.7 Å². The molecule has 5 heteroatoms. The van der Waals surface area contributed by atoms with E-state index in [4.69, 9.17) is 5.73 Å². The molecule has 1 aromatic rings. The summed E-state index contributed by atoms with van der Waals surface area (Å²) >= 11 is 0. The van der Waals surface area contributed by atoms with E-state index in [-0.39, 0.29) is 24.1 Å². The van der Waals surface area contributed by atoms with Crippen LogP contribution in [-0.4, -0.2) is 33.8 Å². The van der Waals surface area contributed by atoms with E-state index in [1.165, 1.54) is 11.1 Å². The fourth-order valence-corrected chi connectivity index (χ4v) is 1.71. The van der Waals surface area contributed by atoms with Crippen molar-refractivity contribution in [3.8, 4) is 0 Å². The largest absolute Gasteiger partial charge is 0.328 e. The van der Waals surface area contributed by atoms with Gasteiger partial charge in [-0.2, -0.15) is 0 Å². The number of rotatable bonds is 2. The molecular formula is C11H13N3O2. The number of carbonyl (C=O) groups excluding carboxylic acids is 2. The zero-order valence-corrected chi connectivity index (χ0v) is 9.23. The average Bonchev–Trinajstić information content (AvgIpc) is 2.53. The summed E-state index contributed by atoms with van der Waals surface area (Å²) in [5.41, 5.74) is 5.47. The topological polar surface area (TPSA) is 76.3 Å². The Morgan fingerprint density at radius 1 is 1.38 bits per heavy atom. The van der Waals surface area contributed by atoms with Gasteiger partial charge in [0.1, 0.15) is 5.69 Å². The fraction of sp³-hybridized carbons (Fsp3) is 0.364. The van der Waals surface area contributed by atoms with Crippen LogP contribution in [0, 0.1) is 0 Å². The SMILES string of the molecule is CC(C)(CN)N1C(=O)c2cccnc2C1=O. The van der Waals surface area contributed by atoms with Gasteiger partial charge in [-0.3, -0.25) is 19.5 Å². The van der Waals surface area contributed by atoms with Crippen LogP contribution >= 0.6 is 0 Å². The van der Waals surface area contributed by atoms with Crippen LogP contribution in [0.4, 0.5) is 0 Å². The standard InChI is InChI=1S/C11H13N3O2/c1-11(2,6-12)14-9(15)7-4-3-5-13-8(7)10(14)16/h3-5H,6,12H2,1-2H3. The monoisotopic (exact) mass is 219 g/mol. The van der Waals surface area contributed by atoms with Crippen molar-refractivity contribution in [1.29, 1.82) is 0 Å². The van der Waals surface area contributed by atoms with Gasteiger partial charge in [0, 0.05) is 12.7 Å². The minimum absolute atomic E-state index is 0.217. The summed E-state index contributed by atoms with van der Waals surface area (Å²) in [5.74, 6) is -0.681. The second-order valence-electron chi connectivity index (χ2n) is 4.36. The van der Waals surface area contributed by atoms with Gasteiger partial charge in [-0.05, 0) is 26.0 Å². The van der Waals surface area contributed by atoms with Gasteiger partial charge >= 0.3 is 0 Å². The molecule has 2 amide bonds. The Labute approximate surface area is 93.3 Å². The van der Waals surface area contributed by atoms with Gasteiger partial charge in [0.25, 0.3) is 11.8 Å². The summed E-state index contributed by atoms with van der Waals surface area (Å²) in [6, 6.07) is 3.25. The maximum atomic E-state index is 12.0. The number of carbonyl (C=O) groups is 2. The van der Waals surface area contributed by atoms with Crippen LogP contribution in [0.5, 0.6) is 0 Å². The maximum absolute atomic E-state index is 12.0. The second-order valence-corrected chi connectivity index (χ2v) is 4.36. The summed E-state index contributed by atoms with van der Waals surface area (Å²) < 4.78 is 0. The Morgan fingerprint density at radius 2 is 2.06 bits per heavy atom. The van der Waals surface area contributed by atoms with Gasteiger partial charge in [-0.15, -0.1) is 0 Å². The lowest BCUT2D eigenvalue weighted by Gasteiger charge is -2.32. The van der Waals surface area contributed by atoms with Crippen LogP contribution in [0.25, 0.3) is 0 Å². The first-order chi connectivity index (χ1) is 7.49. The molecule has 0 bridgehead atoms. The van der Waals surface area contributed by atoms with Crippen molar-refractivity contribution >= 4 is 11.8 Å². The first-order valence-corrected chi connectivity index (χ1v) is 5.03. The molecule has 1 aliphatic heterocycles. The van der Waals surface area contributed by atoms with E-state index in [9.17, 15) is 9.59 Å². The van der Waals surface area contributed by atoms with E-state index in [0.717, 1.165) is 0 Å². The molecule has 1 aliphatic rings. The summed E-state index contributed by atoms with van der Waals surface area (Å²) in [4.78, 5) is 29.1. The third-order valence-electron chi connectivity index (χ3n) is 2.75. The number of nitrogens with two attached hydrogens (primary N) is 1. The van der Waals surface area contributed by atoms with E-state index in [1.807, 2.05) is 0 Å². The Kier molecular flexibility index (Phi) is 2.27. The Balaban J connectivity index is 2.51. The van der Waals surface area contributed by atoms with Gasteiger partial charge in [0.05, 0.1) is 11.1 Å². The smallest absolute Gasteiger partial charge is 0.280 e. The number of hydrogen-bond acceptors (Lipinski definition) is 4. The number of pyridine rings is 1. The van der Waals surface area contributed by atoms with Gasteiger partial charge in [0.2, 0.25) is 0 Å². The maximum Gasteiger partial charge on any atom is 0.280 e. The minimum Gasteiger partial charge on any atom is -0.328 e. The van der Waals surface area contributed by atoms with E-state index in [1.54, 1.807) is 26.0 Å². The van der Waals surface area contributed by atoms with Gasteiger partial charge in [-0.25, -0.2) is 0 Å². The highest BCUT2D eigenvalue weighted by Crippen LogP contribution is 2.27. The lowest BCUT2D eigenvalue weighted by Crippen LogP contribution is -2.52. The molecule has 0 spiro atoms. The van der Waals surface area contributed by atoms with Crippen molar-refractivity contribution in [1.82, 2.24) is 9.88 Å². The van der Waals surface area contributed by atoms with Crippen LogP contribution in [-0.2, 0) is 0 Å². The molecule has 0 unspecified atom stereocenters. The van der Waals surface area contributed by atoms with Crippen LogP contribution in [0.2, 0.25) is 0 Å². The highest BCUT2D eigenvalue weighted by atomic mass is 16.2. The van der Waals surface area contributed by atoms with Crippen molar-refractivity contribution in [2.45, 2.75) is 19.4 Å². The summed E-state index contributed by atoms with van der Waals surface area (Å²) in [6.45, 7) is 3.74. The number of hydrogen-bond donors (Lipinski definition) is 1. The zero-order valence-electron chi connectivity index (χ0n) is 9.23. The van der Waals surface area contributed by atoms with Crippen LogP contribution < -0.4 is 5.73 Å². The zero-order chi connectivity index (χ0) is 11.9. The number of amides is 2. The van der Waals surface area contributed by atoms with E-state index in [2.05, 4.69) is 4.98 Å². The molecule has 2 rings (SSSR count). The highest BCUT2D eigenvalue weighted by Gasteiger charge is 2.44. The molecule has 2 N–H and O–H groups in total. The normalized spacial score (nSPS) is 15.6. The number of aromatic nitrogens is 1. The molecule has 0 aromatic carbocycles. The molecule has 0 fully saturated rings. The van der Waals surface area contributed by atoms with Crippen LogP contribution in [0.3, 0.4) is 0 Å².